The molecule has 0 radical (unpaired) electrons. The summed E-state index contributed by atoms with van der Waals surface area (Å²) >= 11 is 0. The van der Waals surface area contributed by atoms with Crippen molar-refractivity contribution in [2.45, 2.75) is 24.8 Å². The Balaban J connectivity index is 3.34. The quantitative estimate of drug-likeness (QED) is 0.735. The van der Waals surface area contributed by atoms with Crippen molar-refractivity contribution in [3.05, 3.63) is 18.2 Å². The fourth-order valence-electron chi connectivity index (χ4n) is 1.94. The lowest BCUT2D eigenvalue weighted by Crippen LogP contribution is -2.35. The number of benzene rings is 1. The highest BCUT2D eigenvalue weighted by Gasteiger charge is 2.22. The molecule has 0 unspecified atom stereocenters. The number of nitrogens with two attached hydrogens (primary N) is 1. The van der Waals surface area contributed by atoms with Gasteiger partial charge in [0.25, 0.3) is 0 Å². The molecule has 6 nitrogen and oxygen atoms in total. The normalized spacial score (nSPS) is 11.8. The van der Waals surface area contributed by atoms with E-state index in [1.807, 2.05) is 18.7 Å². The standard InChI is InChI=1S/C13H23N3O3S/c1-10(2)16(7-8-19-4)12-6-5-11(14)9-13(12)20(17,18)15-3/h5-6,9-10,15H,7-8,14H2,1-4H3. The van der Waals surface area contributed by atoms with Crippen LogP contribution in [0.2, 0.25) is 0 Å². The van der Waals surface area contributed by atoms with E-state index in [0.29, 0.717) is 24.5 Å². The maximum Gasteiger partial charge on any atom is 0.242 e. The molecule has 20 heavy (non-hydrogen) atoms. The van der Waals surface area contributed by atoms with Crippen molar-refractivity contribution in [3.63, 3.8) is 0 Å². The summed E-state index contributed by atoms with van der Waals surface area (Å²) in [6.07, 6.45) is 0. The summed E-state index contributed by atoms with van der Waals surface area (Å²) in [5.74, 6) is 0. The summed E-state index contributed by atoms with van der Waals surface area (Å²) in [6.45, 7) is 5.12. The second-order valence-corrected chi connectivity index (χ2v) is 6.57. The zero-order chi connectivity index (χ0) is 15.3. The summed E-state index contributed by atoms with van der Waals surface area (Å²) in [5, 5.41) is 0. The lowest BCUT2D eigenvalue weighted by atomic mass is 10.2. The van der Waals surface area contributed by atoms with Crippen LogP contribution >= 0.6 is 0 Å². The minimum Gasteiger partial charge on any atom is -0.399 e. The lowest BCUT2D eigenvalue weighted by Gasteiger charge is -2.30. The first kappa shape index (κ1) is 16.7. The van der Waals surface area contributed by atoms with E-state index in [-0.39, 0.29) is 10.9 Å². The topological polar surface area (TPSA) is 84.7 Å². The second-order valence-electron chi connectivity index (χ2n) is 4.71. The summed E-state index contributed by atoms with van der Waals surface area (Å²) in [7, 11) is -0.564. The Kier molecular flexibility index (Phi) is 5.79. The molecule has 114 valence electrons. The maximum absolute atomic E-state index is 12.2. The minimum absolute atomic E-state index is 0.139. The third kappa shape index (κ3) is 3.84. The van der Waals surface area contributed by atoms with Gasteiger partial charge in [-0.25, -0.2) is 13.1 Å². The second kappa shape index (κ2) is 6.92. The van der Waals surface area contributed by atoms with Gasteiger partial charge in [-0.3, -0.25) is 0 Å². The van der Waals surface area contributed by atoms with Crippen LogP contribution in [0.1, 0.15) is 13.8 Å². The third-order valence-corrected chi connectivity index (χ3v) is 4.45. The van der Waals surface area contributed by atoms with Crippen LogP contribution in [-0.4, -0.2) is 41.8 Å². The number of nitrogens with one attached hydrogen (secondary N) is 1. The number of methoxy groups -OCH3 is 1. The number of sulfonamides is 1. The summed E-state index contributed by atoms with van der Waals surface area (Å²) < 4.78 is 31.7. The maximum atomic E-state index is 12.2. The van der Waals surface area contributed by atoms with Crippen LogP contribution in [0.5, 0.6) is 0 Å². The van der Waals surface area contributed by atoms with E-state index in [2.05, 4.69) is 4.72 Å². The highest BCUT2D eigenvalue weighted by atomic mass is 32.2. The van der Waals surface area contributed by atoms with E-state index < -0.39 is 10.0 Å². The van der Waals surface area contributed by atoms with E-state index in [0.717, 1.165) is 0 Å². The van der Waals surface area contributed by atoms with Gasteiger partial charge < -0.3 is 15.4 Å². The molecule has 0 aliphatic rings. The molecule has 0 fully saturated rings. The van der Waals surface area contributed by atoms with Crippen LogP contribution in [0.3, 0.4) is 0 Å². The molecule has 0 aliphatic heterocycles. The highest BCUT2D eigenvalue weighted by molar-refractivity contribution is 7.89. The van der Waals surface area contributed by atoms with Crippen LogP contribution < -0.4 is 15.4 Å². The molecule has 1 rings (SSSR count). The van der Waals surface area contributed by atoms with Crippen LogP contribution in [0.4, 0.5) is 11.4 Å². The number of nitrogen functional groups attached to an aromatic ring is 1. The van der Waals surface area contributed by atoms with Crippen molar-refractivity contribution in [1.29, 1.82) is 0 Å². The van der Waals surface area contributed by atoms with E-state index in [1.54, 1.807) is 19.2 Å². The van der Waals surface area contributed by atoms with E-state index in [9.17, 15) is 8.42 Å². The summed E-state index contributed by atoms with van der Waals surface area (Å²) in [6, 6.07) is 5.05. The predicted octanol–water partition coefficient (Wildman–Crippen LogP) is 1.04. The molecule has 0 amide bonds. The number of rotatable bonds is 7. The monoisotopic (exact) mass is 301 g/mol. The first-order chi connectivity index (χ1) is 9.33. The highest BCUT2D eigenvalue weighted by Crippen LogP contribution is 2.28. The van der Waals surface area contributed by atoms with Crippen molar-refractivity contribution < 1.29 is 13.2 Å². The van der Waals surface area contributed by atoms with Crippen LogP contribution in [-0.2, 0) is 14.8 Å². The van der Waals surface area contributed by atoms with Crippen LogP contribution in [0.15, 0.2) is 23.1 Å². The Labute approximate surface area is 121 Å². The van der Waals surface area contributed by atoms with Gasteiger partial charge in [-0.15, -0.1) is 0 Å². The summed E-state index contributed by atoms with van der Waals surface area (Å²) in [5.41, 5.74) is 6.76. The van der Waals surface area contributed by atoms with Gasteiger partial charge in [0.2, 0.25) is 10.0 Å². The molecule has 1 aromatic rings. The molecule has 7 heteroatoms. The van der Waals surface area contributed by atoms with Gasteiger partial charge in [0.1, 0.15) is 4.90 Å². The first-order valence-corrected chi connectivity index (χ1v) is 7.90. The molecule has 1 aromatic carbocycles. The minimum atomic E-state index is -3.57. The Morgan fingerprint density at radius 1 is 1.40 bits per heavy atom. The fourth-order valence-corrected chi connectivity index (χ4v) is 2.91. The number of anilines is 2. The smallest absolute Gasteiger partial charge is 0.242 e. The predicted molar refractivity (Wildman–Crippen MR) is 81.5 cm³/mol. The van der Waals surface area contributed by atoms with Gasteiger partial charge in [-0.1, -0.05) is 0 Å². The molecule has 0 aromatic heterocycles. The average molecular weight is 301 g/mol. The van der Waals surface area contributed by atoms with Crippen LogP contribution in [0, 0.1) is 0 Å². The molecule has 0 aliphatic carbocycles. The number of nitrogens with zero attached hydrogens (tertiary/aromatic N) is 1. The molecule has 0 spiro atoms. The van der Waals surface area contributed by atoms with Crippen molar-refractivity contribution >= 4 is 21.4 Å². The molecule has 0 saturated carbocycles. The van der Waals surface area contributed by atoms with Crippen molar-refractivity contribution in [2.75, 3.05) is 37.9 Å². The zero-order valence-electron chi connectivity index (χ0n) is 12.4. The molecule has 0 bridgehead atoms. The first-order valence-electron chi connectivity index (χ1n) is 6.42. The Morgan fingerprint density at radius 2 is 2.05 bits per heavy atom. The molecule has 0 atom stereocenters. The SMILES string of the molecule is CNS(=O)(=O)c1cc(N)ccc1N(CCOC)C(C)C. The van der Waals surface area contributed by atoms with Crippen molar-refractivity contribution in [3.8, 4) is 0 Å². The van der Waals surface area contributed by atoms with Gasteiger partial charge in [0, 0.05) is 25.4 Å². The largest absolute Gasteiger partial charge is 0.399 e. The average Bonchev–Trinajstić information content (AvgIpc) is 2.40. The Hall–Kier alpha value is -1.31. The number of hydrogen-bond acceptors (Lipinski definition) is 5. The molecule has 0 heterocycles. The fraction of sp³-hybridized carbons (Fsp3) is 0.538. The van der Waals surface area contributed by atoms with Gasteiger partial charge in [0.05, 0.1) is 12.3 Å². The van der Waals surface area contributed by atoms with E-state index >= 15 is 0 Å². The van der Waals surface area contributed by atoms with E-state index in [1.165, 1.54) is 13.1 Å². The zero-order valence-corrected chi connectivity index (χ0v) is 13.2. The van der Waals surface area contributed by atoms with Gasteiger partial charge in [-0.05, 0) is 39.1 Å². The Bertz CT molecular complexity index is 544. The van der Waals surface area contributed by atoms with Gasteiger partial charge >= 0.3 is 0 Å². The third-order valence-electron chi connectivity index (χ3n) is 3.01. The molecule has 0 saturated heterocycles. The number of hydrogen-bond donors (Lipinski definition) is 2. The van der Waals surface area contributed by atoms with Gasteiger partial charge in [-0.2, -0.15) is 0 Å². The molecular formula is C13H23N3O3S. The lowest BCUT2D eigenvalue weighted by molar-refractivity contribution is 0.203. The van der Waals surface area contributed by atoms with Crippen molar-refractivity contribution in [1.82, 2.24) is 4.72 Å². The summed E-state index contributed by atoms with van der Waals surface area (Å²) in [4.78, 5) is 2.16. The molecular weight excluding hydrogens is 278 g/mol. The van der Waals surface area contributed by atoms with Crippen LogP contribution in [0.25, 0.3) is 0 Å². The van der Waals surface area contributed by atoms with E-state index in [4.69, 9.17) is 10.5 Å². The van der Waals surface area contributed by atoms with Crippen molar-refractivity contribution in [2.24, 2.45) is 0 Å². The van der Waals surface area contributed by atoms with Gasteiger partial charge in [0.15, 0.2) is 0 Å². The number of ether oxygens (including phenoxy) is 1. The Morgan fingerprint density at radius 3 is 2.55 bits per heavy atom. The molecule has 3 N–H and O–H groups in total.